The van der Waals surface area contributed by atoms with E-state index >= 15 is 0 Å². The molecule has 0 aromatic carbocycles. The molecule has 0 radical (unpaired) electrons. The van der Waals surface area contributed by atoms with Crippen LogP contribution in [-0.2, 0) is 16.1 Å². The molecule has 0 bridgehead atoms. The highest BCUT2D eigenvalue weighted by atomic mass is 16.5. The number of nitrogens with one attached hydrogen (secondary N) is 1. The number of rotatable bonds is 4. The number of nitrogens with zero attached hydrogens (tertiary/aromatic N) is 5. The molecule has 2 aromatic rings. The molecule has 0 saturated carbocycles. The molecule has 2 atom stereocenters. The molecule has 2 amide bonds. The first-order valence-corrected chi connectivity index (χ1v) is 8.04. The van der Waals surface area contributed by atoms with Crippen LogP contribution in [0.2, 0.25) is 0 Å². The highest BCUT2D eigenvalue weighted by Crippen LogP contribution is 2.12. The van der Waals surface area contributed by atoms with Gasteiger partial charge in [-0.3, -0.25) is 19.3 Å². The molecule has 1 saturated heterocycles. The van der Waals surface area contributed by atoms with E-state index in [4.69, 9.17) is 4.74 Å². The van der Waals surface area contributed by atoms with Crippen molar-refractivity contribution in [1.82, 2.24) is 24.6 Å². The van der Waals surface area contributed by atoms with Crippen molar-refractivity contribution >= 4 is 17.5 Å². The van der Waals surface area contributed by atoms with Gasteiger partial charge in [0.25, 0.3) is 5.91 Å². The van der Waals surface area contributed by atoms with Gasteiger partial charge in [0.2, 0.25) is 5.91 Å². The van der Waals surface area contributed by atoms with Crippen molar-refractivity contribution in [2.24, 2.45) is 0 Å². The van der Waals surface area contributed by atoms with Crippen molar-refractivity contribution in [1.29, 1.82) is 0 Å². The number of morpholine rings is 1. The smallest absolute Gasteiger partial charge is 0.275 e. The molecule has 0 aliphatic carbocycles. The third-order valence-electron chi connectivity index (χ3n) is 3.76. The van der Waals surface area contributed by atoms with Crippen LogP contribution in [0, 0.1) is 0 Å². The van der Waals surface area contributed by atoms with Crippen LogP contribution in [-0.4, -0.2) is 61.8 Å². The largest absolute Gasteiger partial charge is 0.372 e. The molecule has 3 heterocycles. The van der Waals surface area contributed by atoms with Crippen LogP contribution >= 0.6 is 0 Å². The molecule has 9 nitrogen and oxygen atoms in total. The zero-order valence-electron chi connectivity index (χ0n) is 14.1. The van der Waals surface area contributed by atoms with Gasteiger partial charge in [-0.2, -0.15) is 5.10 Å². The van der Waals surface area contributed by atoms with E-state index in [1.54, 1.807) is 11.1 Å². The van der Waals surface area contributed by atoms with Crippen LogP contribution in [0.4, 0.5) is 5.69 Å². The minimum absolute atomic E-state index is 0.0205. The van der Waals surface area contributed by atoms with Crippen LogP contribution in [0.25, 0.3) is 0 Å². The zero-order valence-corrected chi connectivity index (χ0v) is 14.1. The molecule has 0 unspecified atom stereocenters. The number of carbonyl (C=O) groups excluding carboxylic acids is 2. The second kappa shape index (κ2) is 7.39. The summed E-state index contributed by atoms with van der Waals surface area (Å²) in [5.74, 6) is -0.410. The number of amides is 2. The molecule has 0 spiro atoms. The molecule has 132 valence electrons. The first kappa shape index (κ1) is 17.0. The monoisotopic (exact) mass is 344 g/mol. The summed E-state index contributed by atoms with van der Waals surface area (Å²) in [5.41, 5.74) is 0.704. The summed E-state index contributed by atoms with van der Waals surface area (Å²) in [6, 6.07) is 0. The summed E-state index contributed by atoms with van der Waals surface area (Å²) < 4.78 is 7.13. The van der Waals surface area contributed by atoms with Crippen molar-refractivity contribution in [3.8, 4) is 0 Å². The van der Waals surface area contributed by atoms with E-state index in [9.17, 15) is 9.59 Å². The van der Waals surface area contributed by atoms with Crippen LogP contribution in [0.3, 0.4) is 0 Å². The maximum absolute atomic E-state index is 12.4. The van der Waals surface area contributed by atoms with Crippen molar-refractivity contribution < 1.29 is 14.3 Å². The Morgan fingerprint density at radius 1 is 1.24 bits per heavy atom. The Kier molecular flexibility index (Phi) is 5.03. The Hall–Kier alpha value is -2.81. The second-order valence-corrected chi connectivity index (χ2v) is 6.03. The average Bonchev–Trinajstić information content (AvgIpc) is 3.01. The van der Waals surface area contributed by atoms with E-state index in [1.165, 1.54) is 29.5 Å². The van der Waals surface area contributed by atoms with E-state index in [-0.39, 0.29) is 36.3 Å². The van der Waals surface area contributed by atoms with Crippen molar-refractivity contribution in [2.45, 2.75) is 32.6 Å². The highest BCUT2D eigenvalue weighted by molar-refractivity contribution is 6.02. The molecule has 3 rings (SSSR count). The minimum Gasteiger partial charge on any atom is -0.372 e. The van der Waals surface area contributed by atoms with Crippen LogP contribution in [0.5, 0.6) is 0 Å². The number of aromatic nitrogens is 4. The Bertz CT molecular complexity index is 737. The third kappa shape index (κ3) is 4.38. The molecule has 1 aliphatic rings. The standard InChI is InChI=1S/C16H20N6O3/c1-11-7-21(8-12(2)25-11)15(23)10-22-9-13(5-19-22)20-16(24)14-6-17-3-4-18-14/h3-6,9,11-12H,7-8,10H2,1-2H3,(H,20,24)/t11-,12+. The molecule has 1 aliphatic heterocycles. The van der Waals surface area contributed by atoms with Gasteiger partial charge >= 0.3 is 0 Å². The summed E-state index contributed by atoms with van der Waals surface area (Å²) in [6.45, 7) is 5.15. The van der Waals surface area contributed by atoms with Gasteiger partial charge in [-0.05, 0) is 13.8 Å². The summed E-state index contributed by atoms with van der Waals surface area (Å²) in [4.78, 5) is 34.0. The van der Waals surface area contributed by atoms with Gasteiger partial charge in [0, 0.05) is 31.7 Å². The SMILES string of the molecule is C[C@@H]1CN(C(=O)Cn2cc(NC(=O)c3cnccn3)cn2)C[C@H](C)O1. The molecule has 9 heteroatoms. The summed E-state index contributed by atoms with van der Waals surface area (Å²) in [5, 5.41) is 6.80. The zero-order chi connectivity index (χ0) is 17.8. The highest BCUT2D eigenvalue weighted by Gasteiger charge is 2.26. The van der Waals surface area contributed by atoms with Gasteiger partial charge in [0.15, 0.2) is 0 Å². The molecular formula is C16H20N6O3. The van der Waals surface area contributed by atoms with Gasteiger partial charge in [-0.1, -0.05) is 0 Å². The Labute approximate surface area is 145 Å². The quantitative estimate of drug-likeness (QED) is 0.869. The van der Waals surface area contributed by atoms with Gasteiger partial charge in [0.05, 0.1) is 30.3 Å². The lowest BCUT2D eigenvalue weighted by Gasteiger charge is -2.35. The van der Waals surface area contributed by atoms with Crippen LogP contribution in [0.15, 0.2) is 31.0 Å². The second-order valence-electron chi connectivity index (χ2n) is 6.03. The van der Waals surface area contributed by atoms with E-state index in [0.717, 1.165) is 0 Å². The summed E-state index contributed by atoms with van der Waals surface area (Å²) in [7, 11) is 0. The van der Waals surface area contributed by atoms with Crippen molar-refractivity contribution in [2.75, 3.05) is 18.4 Å². The molecule has 1 N–H and O–H groups in total. The number of ether oxygens (including phenoxy) is 1. The number of hydrogen-bond donors (Lipinski definition) is 1. The van der Waals surface area contributed by atoms with E-state index in [0.29, 0.717) is 18.8 Å². The van der Waals surface area contributed by atoms with Gasteiger partial charge in [-0.25, -0.2) is 4.98 Å². The van der Waals surface area contributed by atoms with Gasteiger partial charge < -0.3 is 15.0 Å². The lowest BCUT2D eigenvalue weighted by molar-refractivity contribution is -0.144. The lowest BCUT2D eigenvalue weighted by atomic mass is 10.2. The minimum atomic E-state index is -0.380. The summed E-state index contributed by atoms with van der Waals surface area (Å²) in [6.07, 6.45) is 7.46. The fraction of sp³-hybridized carbons (Fsp3) is 0.438. The van der Waals surface area contributed by atoms with Gasteiger partial charge in [0.1, 0.15) is 12.2 Å². The van der Waals surface area contributed by atoms with Gasteiger partial charge in [-0.15, -0.1) is 0 Å². The maximum Gasteiger partial charge on any atom is 0.275 e. The predicted octanol–water partition coefficient (Wildman–Crippen LogP) is 0.561. The fourth-order valence-electron chi connectivity index (χ4n) is 2.75. The fourth-order valence-corrected chi connectivity index (χ4v) is 2.75. The predicted molar refractivity (Wildman–Crippen MR) is 88.8 cm³/mol. The summed E-state index contributed by atoms with van der Waals surface area (Å²) >= 11 is 0. The molecule has 2 aromatic heterocycles. The van der Waals surface area contributed by atoms with E-state index < -0.39 is 0 Å². The van der Waals surface area contributed by atoms with Crippen molar-refractivity contribution in [3.05, 3.63) is 36.7 Å². The normalized spacial score (nSPS) is 20.3. The van der Waals surface area contributed by atoms with E-state index in [2.05, 4.69) is 20.4 Å². The average molecular weight is 344 g/mol. The maximum atomic E-state index is 12.4. The number of anilines is 1. The van der Waals surface area contributed by atoms with Crippen LogP contribution < -0.4 is 5.32 Å². The first-order chi connectivity index (χ1) is 12.0. The molecular weight excluding hydrogens is 324 g/mol. The van der Waals surface area contributed by atoms with Crippen LogP contribution in [0.1, 0.15) is 24.3 Å². The molecule has 1 fully saturated rings. The molecule has 25 heavy (non-hydrogen) atoms. The van der Waals surface area contributed by atoms with E-state index in [1.807, 2.05) is 13.8 Å². The third-order valence-corrected chi connectivity index (χ3v) is 3.76. The first-order valence-electron chi connectivity index (χ1n) is 8.04. The number of hydrogen-bond acceptors (Lipinski definition) is 6. The van der Waals surface area contributed by atoms with Crippen molar-refractivity contribution in [3.63, 3.8) is 0 Å². The Morgan fingerprint density at radius 2 is 2.00 bits per heavy atom. The number of carbonyl (C=O) groups is 2. The lowest BCUT2D eigenvalue weighted by Crippen LogP contribution is -2.49. The Morgan fingerprint density at radius 3 is 2.68 bits per heavy atom. The Balaban J connectivity index is 1.58. The topological polar surface area (TPSA) is 102 Å².